The molecular weight excluding hydrogens is 270 g/mol. The van der Waals surface area contributed by atoms with Gasteiger partial charge in [0.15, 0.2) is 0 Å². The highest BCUT2D eigenvalue weighted by molar-refractivity contribution is 6.30. The van der Waals surface area contributed by atoms with Gasteiger partial charge in [-0.3, -0.25) is 0 Å². The summed E-state index contributed by atoms with van der Waals surface area (Å²) in [5.41, 5.74) is 1.43. The maximum atomic E-state index is 13.3. The minimum Gasteiger partial charge on any atom is -0.232 e. The van der Waals surface area contributed by atoms with Gasteiger partial charge in [0.05, 0.1) is 5.69 Å². The Morgan fingerprint density at radius 3 is 2.16 bits per heavy atom. The first-order chi connectivity index (χ1) is 8.88. The zero-order chi connectivity index (χ0) is 14.2. The van der Waals surface area contributed by atoms with Crippen LogP contribution in [0.25, 0.3) is 11.3 Å². The topological polar surface area (TPSA) is 25.8 Å². The van der Waals surface area contributed by atoms with Crippen LogP contribution in [-0.2, 0) is 0 Å². The molecule has 0 aliphatic carbocycles. The van der Waals surface area contributed by atoms with Crippen LogP contribution in [0.3, 0.4) is 0 Å². The van der Waals surface area contributed by atoms with Crippen LogP contribution in [0, 0.1) is 18.6 Å². The molecule has 1 aromatic carbocycles. The second-order valence-electron chi connectivity index (χ2n) is 4.66. The molecule has 0 N–H and O–H groups in total. The van der Waals surface area contributed by atoms with Crippen molar-refractivity contribution in [2.24, 2.45) is 0 Å². The smallest absolute Gasteiger partial charge is 0.136 e. The highest BCUT2D eigenvalue weighted by Gasteiger charge is 2.14. The zero-order valence-electron chi connectivity index (χ0n) is 10.8. The minimum atomic E-state index is -0.643. The zero-order valence-corrected chi connectivity index (χ0v) is 11.6. The first kappa shape index (κ1) is 13.9. The molecule has 2 nitrogen and oxygen atoms in total. The highest BCUT2D eigenvalue weighted by atomic mass is 35.5. The van der Waals surface area contributed by atoms with Gasteiger partial charge in [0.1, 0.15) is 22.6 Å². The second-order valence-corrected chi connectivity index (χ2v) is 5.02. The van der Waals surface area contributed by atoms with E-state index in [0.717, 1.165) is 6.07 Å². The molecule has 0 saturated carbocycles. The van der Waals surface area contributed by atoms with E-state index >= 15 is 0 Å². The first-order valence-electron chi connectivity index (χ1n) is 5.89. The van der Waals surface area contributed by atoms with E-state index in [0.29, 0.717) is 27.8 Å². The molecule has 0 bridgehead atoms. The Morgan fingerprint density at radius 1 is 1.05 bits per heavy atom. The Morgan fingerprint density at radius 2 is 1.63 bits per heavy atom. The minimum absolute atomic E-state index is 0.0789. The lowest BCUT2D eigenvalue weighted by atomic mass is 10.1. The molecule has 2 rings (SSSR count). The van der Waals surface area contributed by atoms with E-state index in [1.54, 1.807) is 6.92 Å². The third kappa shape index (κ3) is 2.89. The Bertz CT molecular complexity index is 607. The van der Waals surface area contributed by atoms with Gasteiger partial charge in [-0.25, -0.2) is 18.7 Å². The number of benzene rings is 1. The van der Waals surface area contributed by atoms with Crippen molar-refractivity contribution in [3.63, 3.8) is 0 Å². The Labute approximate surface area is 115 Å². The van der Waals surface area contributed by atoms with Crippen LogP contribution in [-0.4, -0.2) is 9.97 Å². The summed E-state index contributed by atoms with van der Waals surface area (Å²) in [7, 11) is 0. The molecule has 1 aromatic heterocycles. The maximum Gasteiger partial charge on any atom is 0.136 e. The van der Waals surface area contributed by atoms with Crippen LogP contribution in [0.4, 0.5) is 8.78 Å². The van der Waals surface area contributed by atoms with Gasteiger partial charge in [-0.1, -0.05) is 25.4 Å². The summed E-state index contributed by atoms with van der Waals surface area (Å²) in [6, 6.07) is 3.29. The van der Waals surface area contributed by atoms with E-state index in [9.17, 15) is 8.78 Å². The monoisotopic (exact) mass is 282 g/mol. The van der Waals surface area contributed by atoms with Crippen LogP contribution in [0.15, 0.2) is 18.2 Å². The number of aromatic nitrogens is 2. The second kappa shape index (κ2) is 5.21. The van der Waals surface area contributed by atoms with Gasteiger partial charge in [-0.05, 0) is 19.1 Å². The summed E-state index contributed by atoms with van der Waals surface area (Å²) in [4.78, 5) is 8.53. The molecule has 0 unspecified atom stereocenters. The molecule has 0 spiro atoms. The summed E-state index contributed by atoms with van der Waals surface area (Å²) in [6.07, 6.45) is 0. The van der Waals surface area contributed by atoms with Crippen molar-refractivity contribution in [2.45, 2.75) is 26.7 Å². The molecule has 100 valence electrons. The van der Waals surface area contributed by atoms with Gasteiger partial charge in [-0.15, -0.1) is 0 Å². The molecule has 2 aromatic rings. The van der Waals surface area contributed by atoms with Gasteiger partial charge in [0.25, 0.3) is 0 Å². The van der Waals surface area contributed by atoms with Gasteiger partial charge in [0, 0.05) is 23.1 Å². The summed E-state index contributed by atoms with van der Waals surface area (Å²) in [5, 5.41) is 0.304. The molecule has 0 saturated heterocycles. The van der Waals surface area contributed by atoms with Crippen molar-refractivity contribution in [1.29, 1.82) is 0 Å². The van der Waals surface area contributed by atoms with Crippen LogP contribution in [0.5, 0.6) is 0 Å². The van der Waals surface area contributed by atoms with E-state index < -0.39 is 11.6 Å². The largest absolute Gasteiger partial charge is 0.232 e. The van der Waals surface area contributed by atoms with Crippen molar-refractivity contribution in [3.05, 3.63) is 46.4 Å². The van der Waals surface area contributed by atoms with Gasteiger partial charge < -0.3 is 0 Å². The molecule has 1 heterocycles. The van der Waals surface area contributed by atoms with Crippen molar-refractivity contribution in [1.82, 2.24) is 9.97 Å². The van der Waals surface area contributed by atoms with Crippen molar-refractivity contribution >= 4 is 11.6 Å². The summed E-state index contributed by atoms with van der Waals surface area (Å²) in [5.74, 6) is -0.656. The Kier molecular flexibility index (Phi) is 3.80. The molecule has 19 heavy (non-hydrogen) atoms. The SMILES string of the molecule is Cc1c(Cl)nc(C(C)C)nc1-c1cc(F)cc(F)c1. The number of halogens is 3. The average molecular weight is 283 g/mol. The molecular formula is C14H13ClF2N2. The van der Waals surface area contributed by atoms with E-state index in [1.165, 1.54) is 12.1 Å². The molecule has 0 fully saturated rings. The standard InChI is InChI=1S/C14H13ClF2N2/c1-7(2)14-18-12(8(3)13(15)19-14)9-4-10(16)6-11(17)5-9/h4-7H,1-3H3. The van der Waals surface area contributed by atoms with Gasteiger partial charge >= 0.3 is 0 Å². The summed E-state index contributed by atoms with van der Waals surface area (Å²) in [6.45, 7) is 5.58. The maximum absolute atomic E-state index is 13.3. The molecule has 5 heteroatoms. The van der Waals surface area contributed by atoms with Crippen LogP contribution in [0.1, 0.15) is 31.2 Å². The number of nitrogens with zero attached hydrogens (tertiary/aromatic N) is 2. The predicted molar refractivity (Wildman–Crippen MR) is 71.2 cm³/mol. The fraction of sp³-hybridized carbons (Fsp3) is 0.286. The predicted octanol–water partition coefficient (Wildman–Crippen LogP) is 4.51. The molecule has 0 radical (unpaired) electrons. The number of hydrogen-bond acceptors (Lipinski definition) is 2. The fourth-order valence-electron chi connectivity index (χ4n) is 1.74. The Balaban J connectivity index is 2.66. The summed E-state index contributed by atoms with van der Waals surface area (Å²) >= 11 is 6.05. The molecule has 0 amide bonds. The van der Waals surface area contributed by atoms with E-state index in [2.05, 4.69) is 9.97 Å². The highest BCUT2D eigenvalue weighted by Crippen LogP contribution is 2.28. The normalized spacial score (nSPS) is 11.1. The van der Waals surface area contributed by atoms with Crippen molar-refractivity contribution < 1.29 is 8.78 Å². The molecule has 0 atom stereocenters. The third-order valence-electron chi connectivity index (χ3n) is 2.76. The van der Waals surface area contributed by atoms with E-state index in [4.69, 9.17) is 11.6 Å². The van der Waals surface area contributed by atoms with E-state index in [1.807, 2.05) is 13.8 Å². The number of rotatable bonds is 2. The number of hydrogen-bond donors (Lipinski definition) is 0. The van der Waals surface area contributed by atoms with Crippen molar-refractivity contribution in [2.75, 3.05) is 0 Å². The van der Waals surface area contributed by atoms with E-state index in [-0.39, 0.29) is 5.92 Å². The van der Waals surface area contributed by atoms with Crippen molar-refractivity contribution in [3.8, 4) is 11.3 Å². The van der Waals surface area contributed by atoms with Crippen LogP contribution >= 0.6 is 11.6 Å². The fourth-order valence-corrected chi connectivity index (χ4v) is 1.91. The lowest BCUT2D eigenvalue weighted by molar-refractivity contribution is 0.584. The average Bonchev–Trinajstić information content (AvgIpc) is 2.30. The first-order valence-corrected chi connectivity index (χ1v) is 6.26. The Hall–Kier alpha value is -1.55. The summed E-state index contributed by atoms with van der Waals surface area (Å²) < 4.78 is 26.6. The molecule has 0 aliphatic heterocycles. The lowest BCUT2D eigenvalue weighted by Gasteiger charge is -2.11. The third-order valence-corrected chi connectivity index (χ3v) is 3.12. The van der Waals surface area contributed by atoms with Crippen LogP contribution in [0.2, 0.25) is 5.15 Å². The van der Waals surface area contributed by atoms with Crippen LogP contribution < -0.4 is 0 Å². The quantitative estimate of drug-likeness (QED) is 0.758. The van der Waals surface area contributed by atoms with Gasteiger partial charge in [0.2, 0.25) is 0 Å². The lowest BCUT2D eigenvalue weighted by Crippen LogP contribution is -2.02. The molecule has 0 aliphatic rings. The van der Waals surface area contributed by atoms with Gasteiger partial charge in [-0.2, -0.15) is 0 Å².